The molecule has 1 fully saturated rings. The predicted octanol–water partition coefficient (Wildman–Crippen LogP) is 3.76. The lowest BCUT2D eigenvalue weighted by Gasteiger charge is -2.49. The van der Waals surface area contributed by atoms with Crippen LogP contribution in [0.15, 0.2) is 41.3 Å². The minimum atomic E-state index is -4.70. The summed E-state index contributed by atoms with van der Waals surface area (Å²) in [7, 11) is -8.24. The van der Waals surface area contributed by atoms with Crippen molar-refractivity contribution in [2.45, 2.75) is 41.1 Å². The zero-order valence-electron chi connectivity index (χ0n) is 17.7. The zero-order valence-corrected chi connectivity index (χ0v) is 19.3. The Balaban J connectivity index is 1.89. The van der Waals surface area contributed by atoms with Crippen molar-refractivity contribution >= 4 is 19.9 Å². The number of nitrogens with one attached hydrogen (secondary N) is 1. The average molecular weight is 526 g/mol. The molecule has 0 aromatic heterocycles. The van der Waals surface area contributed by atoms with E-state index >= 15 is 4.39 Å². The number of hydrogen-bond donors (Lipinski definition) is 1. The van der Waals surface area contributed by atoms with Crippen LogP contribution >= 0.6 is 0 Å². The summed E-state index contributed by atoms with van der Waals surface area (Å²) in [6.45, 7) is -0.352. The van der Waals surface area contributed by atoms with Crippen LogP contribution < -0.4 is 9.46 Å². The van der Waals surface area contributed by atoms with E-state index in [0.29, 0.717) is 12.1 Å². The summed E-state index contributed by atoms with van der Waals surface area (Å²) in [6.07, 6.45) is -4.15. The van der Waals surface area contributed by atoms with Crippen LogP contribution in [0.2, 0.25) is 0 Å². The smallest absolute Gasteiger partial charge is 0.416 e. The molecule has 1 aliphatic heterocycles. The number of rotatable bonds is 4. The van der Waals surface area contributed by atoms with Crippen molar-refractivity contribution < 1.29 is 43.5 Å². The third-order valence-electron chi connectivity index (χ3n) is 6.36. The standard InChI is InChI=1S/C21H20F5NO5S2/c1-33(28,29)27-14-8-9-20(34(30,31)15-4-2-12(3-5-15)21(24,25)26)13(10-14)11-32-19-17(23)7-6-16(22)18(19)20/h2-7,13-14,27H,8-11H2,1H3/t13-,14-,20+/m1/s1. The number of fused-ring (bicyclic) bond motifs is 3. The van der Waals surface area contributed by atoms with E-state index in [0.717, 1.165) is 30.5 Å². The lowest BCUT2D eigenvalue weighted by atomic mass is 9.71. The number of ether oxygens (including phenoxy) is 1. The van der Waals surface area contributed by atoms with E-state index in [1.54, 1.807) is 0 Å². The Bertz CT molecular complexity index is 1330. The van der Waals surface area contributed by atoms with E-state index in [2.05, 4.69) is 4.72 Å². The lowest BCUT2D eigenvalue weighted by molar-refractivity contribution is -0.137. The van der Waals surface area contributed by atoms with Gasteiger partial charge in [-0.1, -0.05) is 0 Å². The second-order valence-electron chi connectivity index (χ2n) is 8.52. The highest BCUT2D eigenvalue weighted by molar-refractivity contribution is 7.92. The Labute approximate surface area is 193 Å². The monoisotopic (exact) mass is 525 g/mol. The SMILES string of the molecule is CS(=O)(=O)N[C@@H]1CC[C@@]2(S(=O)(=O)c3ccc(C(F)(F)F)cc3)c3c(F)ccc(F)c3OC[C@H]2C1. The maximum atomic E-state index is 15.1. The van der Waals surface area contributed by atoms with Crippen LogP contribution in [-0.4, -0.2) is 35.7 Å². The summed E-state index contributed by atoms with van der Waals surface area (Å²) >= 11 is 0. The van der Waals surface area contributed by atoms with Gasteiger partial charge in [0, 0.05) is 12.0 Å². The van der Waals surface area contributed by atoms with Gasteiger partial charge < -0.3 is 4.74 Å². The van der Waals surface area contributed by atoms with Crippen molar-refractivity contribution in [2.24, 2.45) is 5.92 Å². The highest BCUT2D eigenvalue weighted by Gasteiger charge is 2.59. The van der Waals surface area contributed by atoms with Crippen LogP contribution in [0.4, 0.5) is 22.0 Å². The minimum Gasteiger partial charge on any atom is -0.490 e. The van der Waals surface area contributed by atoms with Crippen molar-refractivity contribution in [1.82, 2.24) is 4.72 Å². The number of halogens is 5. The Morgan fingerprint density at radius 1 is 1.00 bits per heavy atom. The Morgan fingerprint density at radius 3 is 2.21 bits per heavy atom. The van der Waals surface area contributed by atoms with E-state index in [-0.39, 0.29) is 25.9 Å². The van der Waals surface area contributed by atoms with E-state index < -0.39 is 76.1 Å². The normalized spacial score (nSPS) is 25.2. The summed E-state index contributed by atoms with van der Waals surface area (Å²) in [5.41, 5.74) is -1.59. The molecule has 1 N–H and O–H groups in total. The summed E-state index contributed by atoms with van der Waals surface area (Å²) < 4.78 is 126. The topological polar surface area (TPSA) is 89.5 Å². The second kappa shape index (κ2) is 8.16. The van der Waals surface area contributed by atoms with E-state index in [9.17, 15) is 34.4 Å². The average Bonchev–Trinajstić information content (AvgIpc) is 2.74. The molecule has 0 bridgehead atoms. The quantitative estimate of drug-likeness (QED) is 0.614. The molecule has 0 radical (unpaired) electrons. The van der Waals surface area contributed by atoms with E-state index in [4.69, 9.17) is 4.74 Å². The van der Waals surface area contributed by atoms with Gasteiger partial charge in [-0.25, -0.2) is 30.3 Å². The molecule has 0 saturated heterocycles. The number of alkyl halides is 3. The van der Waals surface area contributed by atoms with Crippen LogP contribution in [0.25, 0.3) is 0 Å². The fourth-order valence-electron chi connectivity index (χ4n) is 4.96. The van der Waals surface area contributed by atoms with Gasteiger partial charge in [-0.2, -0.15) is 13.2 Å². The highest BCUT2D eigenvalue weighted by Crippen LogP contribution is 2.56. The molecule has 0 spiro atoms. The summed E-state index contributed by atoms with van der Waals surface area (Å²) in [5, 5.41) is 0. The Morgan fingerprint density at radius 2 is 1.62 bits per heavy atom. The number of sulfonamides is 1. The molecule has 2 aromatic carbocycles. The van der Waals surface area contributed by atoms with Gasteiger partial charge in [-0.15, -0.1) is 0 Å². The molecule has 3 atom stereocenters. The van der Waals surface area contributed by atoms with Gasteiger partial charge in [0.25, 0.3) is 0 Å². The molecule has 2 aromatic rings. The van der Waals surface area contributed by atoms with Gasteiger partial charge in [0.15, 0.2) is 21.4 Å². The largest absolute Gasteiger partial charge is 0.490 e. The first kappa shape index (κ1) is 24.9. The first-order chi connectivity index (χ1) is 15.7. The van der Waals surface area contributed by atoms with Gasteiger partial charge in [-0.05, 0) is 55.7 Å². The first-order valence-corrected chi connectivity index (χ1v) is 13.5. The van der Waals surface area contributed by atoms with Crippen LogP contribution in [0.3, 0.4) is 0 Å². The van der Waals surface area contributed by atoms with Gasteiger partial charge >= 0.3 is 6.18 Å². The van der Waals surface area contributed by atoms with Crippen LogP contribution in [0.5, 0.6) is 5.75 Å². The molecule has 1 heterocycles. The lowest BCUT2D eigenvalue weighted by Crippen LogP contribution is -2.55. The number of sulfone groups is 1. The molecule has 1 aliphatic carbocycles. The summed E-state index contributed by atoms with van der Waals surface area (Å²) in [6, 6.07) is 3.68. The molecule has 34 heavy (non-hydrogen) atoms. The molecule has 0 amide bonds. The maximum Gasteiger partial charge on any atom is 0.416 e. The van der Waals surface area contributed by atoms with E-state index in [1.165, 1.54) is 0 Å². The Kier molecular flexibility index (Phi) is 5.97. The third-order valence-corrected chi connectivity index (χ3v) is 9.71. The van der Waals surface area contributed by atoms with Crippen molar-refractivity contribution in [3.05, 3.63) is 59.2 Å². The van der Waals surface area contributed by atoms with Crippen molar-refractivity contribution in [3.8, 4) is 5.75 Å². The molecule has 4 rings (SSSR count). The molecule has 186 valence electrons. The van der Waals surface area contributed by atoms with E-state index in [1.807, 2.05) is 0 Å². The number of hydrogen-bond acceptors (Lipinski definition) is 5. The molecule has 13 heteroatoms. The van der Waals surface area contributed by atoms with Crippen molar-refractivity contribution in [2.75, 3.05) is 12.9 Å². The zero-order chi connectivity index (χ0) is 25.1. The van der Waals surface area contributed by atoms with Gasteiger partial charge in [0.1, 0.15) is 10.6 Å². The van der Waals surface area contributed by atoms with Gasteiger partial charge in [0.05, 0.1) is 28.9 Å². The van der Waals surface area contributed by atoms with Crippen molar-refractivity contribution in [1.29, 1.82) is 0 Å². The van der Waals surface area contributed by atoms with Gasteiger partial charge in [-0.3, -0.25) is 0 Å². The fourth-order valence-corrected chi connectivity index (χ4v) is 8.14. The van der Waals surface area contributed by atoms with Crippen LogP contribution in [0, 0.1) is 17.6 Å². The Hall–Kier alpha value is -2.25. The molecule has 6 nitrogen and oxygen atoms in total. The second-order valence-corrected chi connectivity index (χ2v) is 12.5. The van der Waals surface area contributed by atoms with Crippen LogP contribution in [-0.2, 0) is 30.8 Å². The van der Waals surface area contributed by atoms with Crippen molar-refractivity contribution in [3.63, 3.8) is 0 Å². The van der Waals surface area contributed by atoms with Gasteiger partial charge in [0.2, 0.25) is 10.0 Å². The third kappa shape index (κ3) is 4.07. The molecular weight excluding hydrogens is 505 g/mol. The first-order valence-electron chi connectivity index (χ1n) is 10.2. The minimum absolute atomic E-state index is 0.0289. The maximum absolute atomic E-state index is 15.1. The summed E-state index contributed by atoms with van der Waals surface area (Å²) in [5.74, 6) is -3.59. The highest BCUT2D eigenvalue weighted by atomic mass is 32.2. The molecular formula is C21H20F5NO5S2. The molecule has 2 aliphatic rings. The summed E-state index contributed by atoms with van der Waals surface area (Å²) in [4.78, 5) is -0.489. The number of benzene rings is 2. The fraction of sp³-hybridized carbons (Fsp3) is 0.429. The van der Waals surface area contributed by atoms with Crippen LogP contribution in [0.1, 0.15) is 30.4 Å². The molecule has 1 saturated carbocycles. The predicted molar refractivity (Wildman–Crippen MR) is 111 cm³/mol. The molecule has 0 unspecified atom stereocenters.